The molecule has 0 saturated heterocycles. The molecule has 60 valence electrons. The summed E-state index contributed by atoms with van der Waals surface area (Å²) in [6, 6.07) is 0. The van der Waals surface area contributed by atoms with Gasteiger partial charge in [-0.2, -0.15) is 0 Å². The van der Waals surface area contributed by atoms with Crippen molar-refractivity contribution in [1.82, 2.24) is 0 Å². The quantitative estimate of drug-likeness (QED) is 0.444. The minimum atomic E-state index is -0.485. The van der Waals surface area contributed by atoms with Crippen LogP contribution in [0.5, 0.6) is 0 Å². The molecule has 1 atom stereocenters. The Bertz CT molecular complexity index is 105. The fourth-order valence-corrected chi connectivity index (χ4v) is 0.502. The van der Waals surface area contributed by atoms with Gasteiger partial charge in [0.25, 0.3) is 0 Å². The van der Waals surface area contributed by atoms with Gasteiger partial charge in [-0.3, -0.25) is 4.79 Å². The first-order valence-corrected chi connectivity index (χ1v) is 3.15. The highest BCUT2D eigenvalue weighted by molar-refractivity contribution is 5.65. The van der Waals surface area contributed by atoms with Gasteiger partial charge in [-0.15, -0.1) is 0 Å². The van der Waals surface area contributed by atoms with E-state index in [2.05, 4.69) is 4.74 Å². The molecule has 0 fully saturated rings. The summed E-state index contributed by atoms with van der Waals surface area (Å²) in [7, 11) is 0. The zero-order chi connectivity index (χ0) is 7.98. The van der Waals surface area contributed by atoms with Crippen molar-refractivity contribution in [3.8, 4) is 0 Å². The maximum atomic E-state index is 10.3. The van der Waals surface area contributed by atoms with E-state index in [1.54, 1.807) is 6.92 Å². The van der Waals surface area contributed by atoms with Gasteiger partial charge in [0.1, 0.15) is 0 Å². The van der Waals surface area contributed by atoms with Crippen molar-refractivity contribution in [2.75, 3.05) is 13.2 Å². The Kier molecular flexibility index (Phi) is 4.88. The second-order valence-corrected chi connectivity index (χ2v) is 1.84. The SMILES string of the molecule is CC(=O)OC(C)OCCN. The van der Waals surface area contributed by atoms with E-state index in [0.717, 1.165) is 0 Å². The highest BCUT2D eigenvalue weighted by Crippen LogP contribution is 1.91. The number of rotatable bonds is 4. The molecule has 10 heavy (non-hydrogen) atoms. The predicted octanol–water partition coefficient (Wildman–Crippen LogP) is -0.129. The average molecular weight is 147 g/mol. The Morgan fingerprint density at radius 3 is 2.70 bits per heavy atom. The molecule has 4 nitrogen and oxygen atoms in total. The third-order valence-electron chi connectivity index (χ3n) is 0.802. The van der Waals surface area contributed by atoms with Gasteiger partial charge in [0, 0.05) is 13.5 Å². The van der Waals surface area contributed by atoms with Crippen molar-refractivity contribution >= 4 is 5.97 Å². The summed E-state index contributed by atoms with van der Waals surface area (Å²) in [4.78, 5) is 10.3. The Morgan fingerprint density at radius 1 is 1.70 bits per heavy atom. The molecule has 4 heteroatoms. The summed E-state index contributed by atoms with van der Waals surface area (Å²) in [5, 5.41) is 0. The molecule has 0 bridgehead atoms. The van der Waals surface area contributed by atoms with Gasteiger partial charge in [-0.25, -0.2) is 0 Å². The number of hydrogen-bond acceptors (Lipinski definition) is 4. The monoisotopic (exact) mass is 147 g/mol. The van der Waals surface area contributed by atoms with Gasteiger partial charge in [0.2, 0.25) is 0 Å². The minimum Gasteiger partial charge on any atom is -0.436 e. The number of ether oxygens (including phenoxy) is 2. The van der Waals surface area contributed by atoms with Crippen LogP contribution in [0.4, 0.5) is 0 Å². The zero-order valence-corrected chi connectivity index (χ0v) is 6.29. The van der Waals surface area contributed by atoms with Crippen LogP contribution >= 0.6 is 0 Å². The fourth-order valence-electron chi connectivity index (χ4n) is 0.502. The van der Waals surface area contributed by atoms with Crippen LogP contribution in [0.1, 0.15) is 13.8 Å². The van der Waals surface area contributed by atoms with E-state index in [1.807, 2.05) is 0 Å². The van der Waals surface area contributed by atoms with Crippen LogP contribution in [-0.4, -0.2) is 25.4 Å². The summed E-state index contributed by atoms with van der Waals surface area (Å²) in [5.74, 6) is -0.343. The minimum absolute atomic E-state index is 0.343. The lowest BCUT2D eigenvalue weighted by molar-refractivity contribution is -0.171. The van der Waals surface area contributed by atoms with Gasteiger partial charge >= 0.3 is 5.97 Å². The van der Waals surface area contributed by atoms with E-state index in [4.69, 9.17) is 10.5 Å². The second-order valence-electron chi connectivity index (χ2n) is 1.84. The van der Waals surface area contributed by atoms with Gasteiger partial charge < -0.3 is 15.2 Å². The first-order chi connectivity index (χ1) is 4.66. The molecule has 0 heterocycles. The third-order valence-corrected chi connectivity index (χ3v) is 0.802. The number of carbonyl (C=O) groups is 1. The van der Waals surface area contributed by atoms with Gasteiger partial charge in [-0.1, -0.05) is 0 Å². The molecule has 0 aliphatic heterocycles. The summed E-state index contributed by atoms with van der Waals surface area (Å²) in [6.45, 7) is 3.83. The van der Waals surface area contributed by atoms with Crippen molar-refractivity contribution in [2.45, 2.75) is 20.1 Å². The molecule has 0 saturated carbocycles. The molecular weight excluding hydrogens is 134 g/mol. The van der Waals surface area contributed by atoms with Crippen molar-refractivity contribution in [3.63, 3.8) is 0 Å². The van der Waals surface area contributed by atoms with Crippen LogP contribution in [0, 0.1) is 0 Å². The Morgan fingerprint density at radius 2 is 2.30 bits per heavy atom. The van der Waals surface area contributed by atoms with Crippen molar-refractivity contribution in [2.24, 2.45) is 5.73 Å². The van der Waals surface area contributed by atoms with E-state index >= 15 is 0 Å². The Hall–Kier alpha value is -0.610. The molecule has 2 N–H and O–H groups in total. The third kappa shape index (κ3) is 5.53. The van der Waals surface area contributed by atoms with Crippen LogP contribution in [0.3, 0.4) is 0 Å². The topological polar surface area (TPSA) is 61.5 Å². The van der Waals surface area contributed by atoms with Gasteiger partial charge in [-0.05, 0) is 6.92 Å². The van der Waals surface area contributed by atoms with E-state index in [1.165, 1.54) is 6.92 Å². The maximum Gasteiger partial charge on any atom is 0.304 e. The van der Waals surface area contributed by atoms with E-state index in [0.29, 0.717) is 13.2 Å². The number of esters is 1. The maximum absolute atomic E-state index is 10.3. The van der Waals surface area contributed by atoms with Gasteiger partial charge in [0.05, 0.1) is 6.61 Å². The lowest BCUT2D eigenvalue weighted by Crippen LogP contribution is -2.20. The zero-order valence-electron chi connectivity index (χ0n) is 6.29. The lowest BCUT2D eigenvalue weighted by Gasteiger charge is -2.11. The molecule has 0 aromatic carbocycles. The smallest absolute Gasteiger partial charge is 0.304 e. The average Bonchev–Trinajstić information content (AvgIpc) is 1.82. The molecule has 0 amide bonds. The summed E-state index contributed by atoms with van der Waals surface area (Å²) >= 11 is 0. The van der Waals surface area contributed by atoms with E-state index in [9.17, 15) is 4.79 Å². The molecule has 1 unspecified atom stereocenters. The fraction of sp³-hybridized carbons (Fsp3) is 0.833. The lowest BCUT2D eigenvalue weighted by atomic mass is 10.7. The van der Waals surface area contributed by atoms with Crippen molar-refractivity contribution in [3.05, 3.63) is 0 Å². The Labute approximate surface area is 60.3 Å². The predicted molar refractivity (Wildman–Crippen MR) is 36.2 cm³/mol. The number of carbonyl (C=O) groups excluding carboxylic acids is 1. The summed E-state index contributed by atoms with van der Waals surface area (Å²) in [5.41, 5.74) is 5.14. The molecule has 0 aliphatic carbocycles. The standard InChI is InChI=1S/C6H13NO3/c1-5(8)10-6(2)9-4-3-7/h6H,3-4,7H2,1-2H3. The van der Waals surface area contributed by atoms with Crippen molar-refractivity contribution < 1.29 is 14.3 Å². The van der Waals surface area contributed by atoms with Crippen molar-refractivity contribution in [1.29, 1.82) is 0 Å². The van der Waals surface area contributed by atoms with Crippen LogP contribution < -0.4 is 5.73 Å². The van der Waals surface area contributed by atoms with Crippen LogP contribution in [0.25, 0.3) is 0 Å². The number of nitrogens with two attached hydrogens (primary N) is 1. The first kappa shape index (κ1) is 9.39. The van der Waals surface area contributed by atoms with Gasteiger partial charge in [0.15, 0.2) is 6.29 Å². The molecule has 0 rings (SSSR count). The molecule has 0 aliphatic rings. The molecule has 0 aromatic rings. The molecule has 0 aromatic heterocycles. The van der Waals surface area contributed by atoms with E-state index in [-0.39, 0.29) is 5.97 Å². The highest BCUT2D eigenvalue weighted by atomic mass is 16.7. The van der Waals surface area contributed by atoms with E-state index < -0.39 is 6.29 Å². The molecular formula is C6H13NO3. The normalized spacial score (nSPS) is 12.7. The first-order valence-electron chi connectivity index (χ1n) is 3.15. The second kappa shape index (κ2) is 5.20. The summed E-state index contributed by atoms with van der Waals surface area (Å²) in [6.07, 6.45) is -0.485. The molecule has 0 radical (unpaired) electrons. The number of hydrogen-bond donors (Lipinski definition) is 1. The van der Waals surface area contributed by atoms with Crippen LogP contribution in [0.2, 0.25) is 0 Å². The van der Waals surface area contributed by atoms with Crippen LogP contribution in [-0.2, 0) is 14.3 Å². The highest BCUT2D eigenvalue weighted by Gasteiger charge is 2.02. The summed E-state index contributed by atoms with van der Waals surface area (Å²) < 4.78 is 9.57. The largest absolute Gasteiger partial charge is 0.436 e. The molecule has 0 spiro atoms. The van der Waals surface area contributed by atoms with Crippen LogP contribution in [0.15, 0.2) is 0 Å². The Balaban J connectivity index is 3.25.